The van der Waals surface area contributed by atoms with E-state index < -0.39 is 13.0 Å². The largest absolute Gasteiger partial charge is 0.470 e. The van der Waals surface area contributed by atoms with Gasteiger partial charge < -0.3 is 9.26 Å². The monoisotopic (exact) mass is 326 g/mol. The lowest BCUT2D eigenvalue weighted by atomic mass is 10.4. The van der Waals surface area contributed by atoms with Crippen molar-refractivity contribution in [2.45, 2.75) is 13.3 Å². The molecular weight excluding hydrogens is 318 g/mol. The predicted octanol–water partition coefficient (Wildman–Crippen LogP) is 2.00. The summed E-state index contributed by atoms with van der Waals surface area (Å²) in [6.07, 6.45) is -0.0435. The molecule has 0 atom stereocenters. The number of ether oxygens (including phenoxy) is 1. The Bertz CT molecular complexity index is 760. The molecule has 0 N–H and O–H groups in total. The first-order valence-corrected chi connectivity index (χ1v) is 6.77. The highest BCUT2D eigenvalue weighted by Gasteiger charge is 2.16. The van der Waals surface area contributed by atoms with Crippen LogP contribution in [-0.2, 0) is 0 Å². The van der Waals surface area contributed by atoms with Crippen LogP contribution >= 0.6 is 11.5 Å². The number of alkyl halides is 2. The van der Waals surface area contributed by atoms with Crippen LogP contribution in [0.5, 0.6) is 5.88 Å². The Balaban J connectivity index is 1.77. The van der Waals surface area contributed by atoms with Crippen LogP contribution in [0.4, 0.5) is 8.78 Å². The van der Waals surface area contributed by atoms with Gasteiger partial charge in [0.15, 0.2) is 6.61 Å². The van der Waals surface area contributed by atoms with Crippen molar-refractivity contribution < 1.29 is 18.0 Å². The quantitative estimate of drug-likeness (QED) is 0.702. The molecule has 0 spiro atoms. The summed E-state index contributed by atoms with van der Waals surface area (Å²) in [5, 5.41) is 7.65. The van der Waals surface area contributed by atoms with E-state index in [0.29, 0.717) is 16.3 Å². The molecule has 3 aromatic heterocycles. The molecule has 0 aromatic carbocycles. The van der Waals surface area contributed by atoms with Crippen molar-refractivity contribution in [2.24, 2.45) is 0 Å². The Morgan fingerprint density at radius 2 is 2.18 bits per heavy atom. The predicted molar refractivity (Wildman–Crippen MR) is 70.5 cm³/mol. The highest BCUT2D eigenvalue weighted by Crippen LogP contribution is 2.25. The van der Waals surface area contributed by atoms with E-state index in [2.05, 4.69) is 29.7 Å². The van der Waals surface area contributed by atoms with E-state index >= 15 is 0 Å². The zero-order chi connectivity index (χ0) is 15.5. The molecule has 0 unspecified atom stereocenters. The summed E-state index contributed by atoms with van der Waals surface area (Å²) in [5.74, 6) is 0.494. The summed E-state index contributed by atoms with van der Waals surface area (Å²) >= 11 is 1.14. The lowest BCUT2D eigenvalue weighted by molar-refractivity contribution is 0.0794. The highest BCUT2D eigenvalue weighted by molar-refractivity contribution is 7.09. The Hall–Kier alpha value is -2.56. The maximum Gasteiger partial charge on any atom is 0.272 e. The molecule has 0 aliphatic carbocycles. The number of nitrogens with zero attached hydrogens (tertiary/aromatic N) is 6. The molecule has 114 valence electrons. The Morgan fingerprint density at radius 1 is 1.32 bits per heavy atom. The fourth-order valence-electron chi connectivity index (χ4n) is 1.50. The topological polar surface area (TPSA) is 99.7 Å². The van der Waals surface area contributed by atoms with Crippen molar-refractivity contribution in [3.8, 4) is 28.2 Å². The first-order chi connectivity index (χ1) is 10.6. The average molecular weight is 326 g/mol. The van der Waals surface area contributed by atoms with Crippen LogP contribution in [0.2, 0.25) is 0 Å². The average Bonchev–Trinajstić information content (AvgIpc) is 3.14. The number of aryl methyl sites for hydroxylation is 1. The maximum absolute atomic E-state index is 12.0. The summed E-state index contributed by atoms with van der Waals surface area (Å²) < 4.78 is 37.7. The molecule has 8 nitrogen and oxygen atoms in total. The van der Waals surface area contributed by atoms with Crippen LogP contribution in [0.15, 0.2) is 16.9 Å². The number of halogens is 2. The lowest BCUT2D eigenvalue weighted by Gasteiger charge is -2.03. The fraction of sp³-hybridized carbons (Fsp3) is 0.273. The van der Waals surface area contributed by atoms with Crippen LogP contribution < -0.4 is 4.74 Å². The first-order valence-electron chi connectivity index (χ1n) is 6.00. The summed E-state index contributed by atoms with van der Waals surface area (Å²) in [6, 6.07) is 0. The van der Waals surface area contributed by atoms with Gasteiger partial charge in [0.25, 0.3) is 12.3 Å². The second-order valence-corrected chi connectivity index (χ2v) is 4.81. The molecule has 11 heteroatoms. The summed E-state index contributed by atoms with van der Waals surface area (Å²) in [4.78, 5) is 12.7. The zero-order valence-corrected chi connectivity index (χ0v) is 11.9. The van der Waals surface area contributed by atoms with Crippen LogP contribution in [-0.4, -0.2) is 42.7 Å². The third-order valence-electron chi connectivity index (χ3n) is 2.49. The van der Waals surface area contributed by atoms with Gasteiger partial charge in [-0.05, 0) is 18.5 Å². The Labute approximate surface area is 126 Å². The summed E-state index contributed by atoms with van der Waals surface area (Å²) in [5.41, 5.74) is 1.01. The van der Waals surface area contributed by atoms with Crippen molar-refractivity contribution >= 4 is 11.5 Å². The van der Waals surface area contributed by atoms with Crippen LogP contribution in [0.3, 0.4) is 0 Å². The molecule has 0 saturated heterocycles. The van der Waals surface area contributed by atoms with Gasteiger partial charge in [-0.2, -0.15) is 4.98 Å². The molecule has 3 aromatic rings. The Kier molecular flexibility index (Phi) is 3.96. The first kappa shape index (κ1) is 14.4. The molecule has 0 saturated carbocycles. The van der Waals surface area contributed by atoms with Gasteiger partial charge in [0.2, 0.25) is 11.7 Å². The number of hydrogen-bond donors (Lipinski definition) is 0. The minimum atomic E-state index is -2.57. The number of hydrogen-bond acceptors (Lipinski definition) is 9. The molecule has 3 heterocycles. The maximum atomic E-state index is 12.0. The van der Waals surface area contributed by atoms with Crippen LogP contribution in [0.25, 0.3) is 22.3 Å². The van der Waals surface area contributed by atoms with Gasteiger partial charge in [-0.25, -0.2) is 18.7 Å². The van der Waals surface area contributed by atoms with E-state index in [1.165, 1.54) is 12.4 Å². The van der Waals surface area contributed by atoms with Crippen molar-refractivity contribution in [3.63, 3.8) is 0 Å². The van der Waals surface area contributed by atoms with Gasteiger partial charge in [-0.1, -0.05) is 9.64 Å². The Morgan fingerprint density at radius 3 is 2.82 bits per heavy atom. The molecule has 3 rings (SSSR count). The van der Waals surface area contributed by atoms with E-state index in [-0.39, 0.29) is 17.6 Å². The van der Waals surface area contributed by atoms with Crippen LogP contribution in [0, 0.1) is 6.92 Å². The third-order valence-corrected chi connectivity index (χ3v) is 3.30. The van der Waals surface area contributed by atoms with E-state index in [1.807, 2.05) is 0 Å². The molecule has 0 fully saturated rings. The van der Waals surface area contributed by atoms with Gasteiger partial charge in [-0.15, -0.1) is 5.10 Å². The molecule has 22 heavy (non-hydrogen) atoms. The fourth-order valence-corrected chi connectivity index (χ4v) is 2.08. The van der Waals surface area contributed by atoms with E-state index in [4.69, 9.17) is 9.26 Å². The van der Waals surface area contributed by atoms with Gasteiger partial charge in [0, 0.05) is 0 Å². The molecular formula is C11H8F2N6O2S. The zero-order valence-electron chi connectivity index (χ0n) is 11.1. The van der Waals surface area contributed by atoms with Gasteiger partial charge >= 0.3 is 0 Å². The minimum absolute atomic E-state index is 0.00438. The number of rotatable bonds is 5. The van der Waals surface area contributed by atoms with Crippen molar-refractivity contribution in [2.75, 3.05) is 6.61 Å². The second-order valence-electron chi connectivity index (χ2n) is 4.05. The molecule has 0 aliphatic heterocycles. The van der Waals surface area contributed by atoms with E-state index in [0.717, 1.165) is 11.5 Å². The highest BCUT2D eigenvalue weighted by atomic mass is 32.1. The molecule has 0 amide bonds. The molecule has 0 bridgehead atoms. The van der Waals surface area contributed by atoms with Gasteiger partial charge in [0.1, 0.15) is 10.6 Å². The van der Waals surface area contributed by atoms with Crippen molar-refractivity contribution in [3.05, 3.63) is 18.1 Å². The van der Waals surface area contributed by atoms with Crippen molar-refractivity contribution in [1.29, 1.82) is 0 Å². The summed E-state index contributed by atoms with van der Waals surface area (Å²) in [6.45, 7) is 1.04. The lowest BCUT2D eigenvalue weighted by Crippen LogP contribution is -2.08. The van der Waals surface area contributed by atoms with Crippen LogP contribution in [0.1, 0.15) is 5.69 Å². The SMILES string of the molecule is Cc1nnsc1-c1nc(-c2cnc(OCC(F)F)cn2)no1. The van der Waals surface area contributed by atoms with E-state index in [9.17, 15) is 8.78 Å². The second kappa shape index (κ2) is 6.05. The minimum Gasteiger partial charge on any atom is -0.470 e. The molecule has 0 aliphatic rings. The number of aromatic nitrogens is 6. The van der Waals surface area contributed by atoms with Crippen molar-refractivity contribution in [1.82, 2.24) is 29.7 Å². The van der Waals surface area contributed by atoms with Gasteiger partial charge in [-0.3, -0.25) is 0 Å². The van der Waals surface area contributed by atoms with E-state index in [1.54, 1.807) is 6.92 Å². The summed E-state index contributed by atoms with van der Waals surface area (Å²) in [7, 11) is 0. The third kappa shape index (κ3) is 3.03. The molecule has 0 radical (unpaired) electrons. The standard InChI is InChI=1S/C11H8F2N6O2S/c1-5-9(22-19-17-5)11-16-10(18-21-11)6-2-15-8(3-14-6)20-4-7(12)13/h2-3,7H,4H2,1H3. The normalized spacial score (nSPS) is 11.1. The van der Waals surface area contributed by atoms with Gasteiger partial charge in [0.05, 0.1) is 18.1 Å². The smallest absolute Gasteiger partial charge is 0.272 e.